The Labute approximate surface area is 150 Å². The number of likely N-dealkylation sites (tertiary alicyclic amines) is 2. The van der Waals surface area contributed by atoms with Gasteiger partial charge in [0.25, 0.3) is 0 Å². The van der Waals surface area contributed by atoms with E-state index in [4.69, 9.17) is 4.99 Å². The largest absolute Gasteiger partial charge is 0.355 e. The number of nitrogens with zero attached hydrogens (tertiary/aromatic N) is 3. The molecular formula is C20H28N4O. The van der Waals surface area contributed by atoms with Crippen LogP contribution in [0, 0.1) is 0 Å². The van der Waals surface area contributed by atoms with Gasteiger partial charge in [0, 0.05) is 43.2 Å². The molecule has 4 rings (SSSR count). The molecule has 0 unspecified atom stereocenters. The van der Waals surface area contributed by atoms with Gasteiger partial charge in [0.05, 0.1) is 5.71 Å². The summed E-state index contributed by atoms with van der Waals surface area (Å²) in [7, 11) is 0. The summed E-state index contributed by atoms with van der Waals surface area (Å²) in [5.41, 5.74) is 3.02. The molecule has 0 bridgehead atoms. The van der Waals surface area contributed by atoms with Crippen LogP contribution >= 0.6 is 0 Å². The summed E-state index contributed by atoms with van der Waals surface area (Å²) in [6.07, 6.45) is 12.1. The van der Waals surface area contributed by atoms with E-state index in [-0.39, 0.29) is 5.91 Å². The van der Waals surface area contributed by atoms with Gasteiger partial charge in [-0.25, -0.2) is 4.99 Å². The molecule has 0 aromatic carbocycles. The second-order valence-corrected chi connectivity index (χ2v) is 7.40. The first-order chi connectivity index (χ1) is 12.2. The lowest BCUT2D eigenvalue weighted by molar-refractivity contribution is -0.117. The number of hydrogen-bond donors (Lipinski definition) is 1. The van der Waals surface area contributed by atoms with Crippen molar-refractivity contribution in [1.82, 2.24) is 15.1 Å². The molecule has 1 amide bonds. The third-order valence-corrected chi connectivity index (χ3v) is 5.71. The Hall–Kier alpha value is -1.88. The molecule has 3 heterocycles. The molecule has 4 aliphatic rings. The summed E-state index contributed by atoms with van der Waals surface area (Å²) < 4.78 is 0. The highest BCUT2D eigenvalue weighted by molar-refractivity contribution is 6.12. The molecular weight excluding hydrogens is 312 g/mol. The molecule has 5 nitrogen and oxygen atoms in total. The van der Waals surface area contributed by atoms with Crippen LogP contribution in [0.15, 0.2) is 40.2 Å². The maximum atomic E-state index is 12.0. The van der Waals surface area contributed by atoms with E-state index in [2.05, 4.69) is 21.2 Å². The fourth-order valence-corrected chi connectivity index (χ4v) is 4.30. The second kappa shape index (κ2) is 7.16. The van der Waals surface area contributed by atoms with Gasteiger partial charge in [0.2, 0.25) is 5.91 Å². The van der Waals surface area contributed by atoms with Crippen LogP contribution in [0.3, 0.4) is 0 Å². The van der Waals surface area contributed by atoms with E-state index in [1.165, 1.54) is 44.3 Å². The van der Waals surface area contributed by atoms with E-state index in [1.54, 1.807) is 0 Å². The number of allylic oxidation sites excluding steroid dienone is 4. The average molecular weight is 340 g/mol. The monoisotopic (exact) mass is 340 g/mol. The van der Waals surface area contributed by atoms with Crippen LogP contribution in [0.5, 0.6) is 0 Å². The Kier molecular flexibility index (Phi) is 4.75. The Morgan fingerprint density at radius 3 is 2.88 bits per heavy atom. The highest BCUT2D eigenvalue weighted by Crippen LogP contribution is 2.30. The fourth-order valence-electron chi connectivity index (χ4n) is 4.30. The molecule has 1 atom stereocenters. The zero-order valence-corrected chi connectivity index (χ0v) is 15.1. The first kappa shape index (κ1) is 16.6. The maximum absolute atomic E-state index is 12.0. The van der Waals surface area contributed by atoms with Crippen molar-refractivity contribution in [2.75, 3.05) is 32.7 Å². The number of carbonyl (C=O) groups excluding carboxylic acids is 1. The van der Waals surface area contributed by atoms with Gasteiger partial charge in [-0.15, -0.1) is 0 Å². The fraction of sp³-hybridized carbons (Fsp3) is 0.600. The van der Waals surface area contributed by atoms with Crippen LogP contribution in [0.4, 0.5) is 0 Å². The third kappa shape index (κ3) is 3.43. The molecule has 0 aromatic heterocycles. The van der Waals surface area contributed by atoms with Crippen molar-refractivity contribution in [2.45, 2.75) is 45.1 Å². The minimum Gasteiger partial charge on any atom is -0.355 e. The number of carbonyl (C=O) groups is 1. The lowest BCUT2D eigenvalue weighted by Gasteiger charge is -2.32. The van der Waals surface area contributed by atoms with Gasteiger partial charge in [-0.3, -0.25) is 9.69 Å². The Balaban J connectivity index is 1.39. The summed E-state index contributed by atoms with van der Waals surface area (Å²) in [4.78, 5) is 22.0. The van der Waals surface area contributed by atoms with Crippen molar-refractivity contribution in [2.24, 2.45) is 4.99 Å². The average Bonchev–Trinajstić information content (AvgIpc) is 3.29. The second-order valence-electron chi connectivity index (χ2n) is 7.40. The smallest absolute Gasteiger partial charge is 0.247 e. The van der Waals surface area contributed by atoms with E-state index in [0.29, 0.717) is 19.0 Å². The minimum absolute atomic E-state index is 0.0280. The van der Waals surface area contributed by atoms with Crippen molar-refractivity contribution in [3.63, 3.8) is 0 Å². The number of hydrogen-bond acceptors (Lipinski definition) is 4. The van der Waals surface area contributed by atoms with Crippen LogP contribution in [0.1, 0.15) is 39.0 Å². The predicted molar refractivity (Wildman–Crippen MR) is 100 cm³/mol. The van der Waals surface area contributed by atoms with Crippen LogP contribution in [-0.4, -0.2) is 60.2 Å². The molecule has 0 saturated carbocycles. The first-order valence-electron chi connectivity index (χ1n) is 9.72. The molecule has 1 N–H and O–H groups in total. The lowest BCUT2D eigenvalue weighted by Crippen LogP contribution is -2.40. The van der Waals surface area contributed by atoms with E-state index in [1.807, 2.05) is 19.1 Å². The quantitative estimate of drug-likeness (QED) is 0.854. The number of likely N-dealkylation sites (N-methyl/N-ethyl adjacent to an activating group) is 1. The molecule has 134 valence electrons. The number of aliphatic imine (C=N–C) groups is 1. The first-order valence-corrected chi connectivity index (χ1v) is 9.72. The number of rotatable bonds is 4. The van der Waals surface area contributed by atoms with Crippen molar-refractivity contribution >= 4 is 11.6 Å². The molecule has 25 heavy (non-hydrogen) atoms. The Morgan fingerprint density at radius 1 is 1.24 bits per heavy atom. The summed E-state index contributed by atoms with van der Waals surface area (Å²) >= 11 is 0. The standard InChI is InChI=1S/C20H28N4O/c1-2-21-20(25)16-7-6-15-13-19(22-18(15)12-16)24-11-8-17(14-24)23-9-4-3-5-10-23/h6-7,13,17H,2-5,8-12,14H2,1H3,(H,21,25)/t17-/m1/s1. The topological polar surface area (TPSA) is 47.9 Å². The molecule has 3 aliphatic heterocycles. The van der Waals surface area contributed by atoms with Crippen molar-refractivity contribution in [3.8, 4) is 0 Å². The number of nitrogens with one attached hydrogen (secondary N) is 1. The summed E-state index contributed by atoms with van der Waals surface area (Å²) in [6.45, 7) is 7.31. The Bertz CT molecular complexity index is 667. The van der Waals surface area contributed by atoms with E-state index in [9.17, 15) is 4.79 Å². The summed E-state index contributed by atoms with van der Waals surface area (Å²) in [6, 6.07) is 0.682. The van der Waals surface area contributed by atoms with Crippen LogP contribution in [0.25, 0.3) is 0 Å². The zero-order valence-electron chi connectivity index (χ0n) is 15.1. The molecule has 2 fully saturated rings. The maximum Gasteiger partial charge on any atom is 0.247 e. The van der Waals surface area contributed by atoms with Crippen LogP contribution < -0.4 is 5.32 Å². The molecule has 2 saturated heterocycles. The van der Waals surface area contributed by atoms with Crippen LogP contribution in [0.2, 0.25) is 0 Å². The summed E-state index contributed by atoms with van der Waals surface area (Å²) in [5, 5.41) is 2.88. The van der Waals surface area contributed by atoms with Crippen molar-refractivity contribution in [1.29, 1.82) is 0 Å². The number of piperidine rings is 1. The van der Waals surface area contributed by atoms with Gasteiger partial charge in [0.15, 0.2) is 0 Å². The molecule has 0 radical (unpaired) electrons. The normalized spacial score (nSPS) is 26.6. The van der Waals surface area contributed by atoms with E-state index in [0.717, 1.165) is 30.2 Å². The highest BCUT2D eigenvalue weighted by atomic mass is 16.1. The number of fused-ring (bicyclic) bond motifs is 1. The van der Waals surface area contributed by atoms with Crippen molar-refractivity contribution in [3.05, 3.63) is 35.2 Å². The lowest BCUT2D eigenvalue weighted by atomic mass is 9.96. The van der Waals surface area contributed by atoms with Gasteiger partial charge in [0.1, 0.15) is 5.82 Å². The van der Waals surface area contributed by atoms with Gasteiger partial charge in [-0.05, 0) is 45.4 Å². The molecule has 0 aromatic rings. The molecule has 0 spiro atoms. The summed E-state index contributed by atoms with van der Waals surface area (Å²) in [5.74, 6) is 1.12. The SMILES string of the molecule is CCNC(=O)C1=CC=C2C=C(N3CC[C@@H](N4CCCCC4)C3)N=C2C1. The predicted octanol–water partition coefficient (Wildman–Crippen LogP) is 2.24. The van der Waals surface area contributed by atoms with Gasteiger partial charge in [-0.1, -0.05) is 18.6 Å². The van der Waals surface area contributed by atoms with Gasteiger partial charge in [-0.2, -0.15) is 0 Å². The molecule has 1 aliphatic carbocycles. The third-order valence-electron chi connectivity index (χ3n) is 5.71. The zero-order chi connectivity index (χ0) is 17.2. The van der Waals surface area contributed by atoms with Gasteiger partial charge < -0.3 is 10.2 Å². The van der Waals surface area contributed by atoms with Crippen molar-refractivity contribution < 1.29 is 4.79 Å². The van der Waals surface area contributed by atoms with E-state index >= 15 is 0 Å². The van der Waals surface area contributed by atoms with E-state index < -0.39 is 0 Å². The Morgan fingerprint density at radius 2 is 2.08 bits per heavy atom. The van der Waals surface area contributed by atoms with Crippen LogP contribution in [-0.2, 0) is 4.79 Å². The minimum atomic E-state index is 0.0280. The molecule has 5 heteroatoms. The number of amides is 1. The van der Waals surface area contributed by atoms with Gasteiger partial charge >= 0.3 is 0 Å². The highest BCUT2D eigenvalue weighted by Gasteiger charge is 2.31.